The lowest BCUT2D eigenvalue weighted by Crippen LogP contribution is -2.33. The van der Waals surface area contributed by atoms with Crippen molar-refractivity contribution < 1.29 is 13.6 Å². The van der Waals surface area contributed by atoms with Crippen LogP contribution in [0.3, 0.4) is 0 Å². The fraction of sp³-hybridized carbons (Fsp3) is 0.357. The molecule has 1 N–H and O–H groups in total. The third-order valence-corrected chi connectivity index (χ3v) is 3.38. The summed E-state index contributed by atoms with van der Waals surface area (Å²) in [5, 5.41) is 2.90. The lowest BCUT2D eigenvalue weighted by molar-refractivity contribution is -0.127. The Morgan fingerprint density at radius 3 is 2.89 bits per heavy atom. The zero-order chi connectivity index (χ0) is 12.4. The summed E-state index contributed by atoms with van der Waals surface area (Å²) in [4.78, 5) is 11.7. The maximum absolute atomic E-state index is 11.7. The Morgan fingerprint density at radius 1 is 1.33 bits per heavy atom. The normalized spacial score (nSPS) is 15.3. The van der Waals surface area contributed by atoms with Gasteiger partial charge in [-0.05, 0) is 31.0 Å². The van der Waals surface area contributed by atoms with Crippen LogP contribution in [0.25, 0.3) is 11.3 Å². The van der Waals surface area contributed by atoms with Crippen molar-refractivity contribution in [3.8, 4) is 11.3 Å². The monoisotopic (exact) mass is 245 g/mol. The topological polar surface area (TPSA) is 55.4 Å². The minimum absolute atomic E-state index is 0.141. The molecule has 2 aromatic rings. The smallest absolute Gasteiger partial charge is 0.223 e. The van der Waals surface area contributed by atoms with Crippen LogP contribution in [0.4, 0.5) is 0 Å². The molecule has 2 aromatic heterocycles. The van der Waals surface area contributed by atoms with Crippen LogP contribution in [0.2, 0.25) is 0 Å². The van der Waals surface area contributed by atoms with Gasteiger partial charge in [-0.1, -0.05) is 6.42 Å². The SMILES string of the molecule is O=C(NCc1ccc(-c2ccoc2)o1)C1CCC1. The number of amides is 1. The minimum Gasteiger partial charge on any atom is -0.472 e. The molecule has 0 spiro atoms. The Morgan fingerprint density at radius 2 is 2.22 bits per heavy atom. The standard InChI is InChI=1S/C14H15NO3/c16-14(10-2-1-3-10)15-8-12-4-5-13(18-12)11-6-7-17-9-11/h4-7,9-10H,1-3,8H2,(H,15,16). The summed E-state index contributed by atoms with van der Waals surface area (Å²) in [6, 6.07) is 5.61. The maximum atomic E-state index is 11.7. The second kappa shape index (κ2) is 4.72. The van der Waals surface area contributed by atoms with Crippen molar-refractivity contribution >= 4 is 5.91 Å². The van der Waals surface area contributed by atoms with E-state index in [0.29, 0.717) is 6.54 Å². The molecule has 1 amide bonds. The molecule has 0 saturated heterocycles. The van der Waals surface area contributed by atoms with Crippen molar-refractivity contribution in [2.24, 2.45) is 5.92 Å². The van der Waals surface area contributed by atoms with E-state index in [1.165, 1.54) is 6.42 Å². The van der Waals surface area contributed by atoms with Crippen molar-refractivity contribution in [1.29, 1.82) is 0 Å². The van der Waals surface area contributed by atoms with E-state index in [9.17, 15) is 4.79 Å². The molecule has 0 aromatic carbocycles. The number of hydrogen-bond acceptors (Lipinski definition) is 3. The van der Waals surface area contributed by atoms with Gasteiger partial charge < -0.3 is 14.2 Å². The molecule has 2 heterocycles. The van der Waals surface area contributed by atoms with Gasteiger partial charge in [0.2, 0.25) is 5.91 Å². The Bertz CT molecular complexity index is 523. The molecule has 0 aliphatic heterocycles. The molecule has 1 aliphatic carbocycles. The first-order valence-corrected chi connectivity index (χ1v) is 6.22. The van der Waals surface area contributed by atoms with Crippen LogP contribution in [0.5, 0.6) is 0 Å². The summed E-state index contributed by atoms with van der Waals surface area (Å²) in [6.07, 6.45) is 6.45. The number of furan rings is 2. The molecule has 0 atom stereocenters. The van der Waals surface area contributed by atoms with E-state index < -0.39 is 0 Å². The van der Waals surface area contributed by atoms with E-state index in [2.05, 4.69) is 5.32 Å². The largest absolute Gasteiger partial charge is 0.472 e. The summed E-state index contributed by atoms with van der Waals surface area (Å²) in [5.74, 6) is 1.88. The summed E-state index contributed by atoms with van der Waals surface area (Å²) < 4.78 is 10.6. The van der Waals surface area contributed by atoms with Gasteiger partial charge >= 0.3 is 0 Å². The zero-order valence-corrected chi connectivity index (χ0v) is 10.0. The van der Waals surface area contributed by atoms with Crippen LogP contribution in [0.15, 0.2) is 39.6 Å². The minimum atomic E-state index is 0.141. The Balaban J connectivity index is 1.58. The first-order chi connectivity index (χ1) is 8.83. The molecule has 0 bridgehead atoms. The van der Waals surface area contributed by atoms with Gasteiger partial charge in [0.25, 0.3) is 0 Å². The van der Waals surface area contributed by atoms with Gasteiger partial charge in [-0.15, -0.1) is 0 Å². The van der Waals surface area contributed by atoms with Crippen LogP contribution < -0.4 is 5.32 Å². The fourth-order valence-corrected chi connectivity index (χ4v) is 2.02. The molecule has 1 aliphatic rings. The van der Waals surface area contributed by atoms with Gasteiger partial charge in [-0.2, -0.15) is 0 Å². The maximum Gasteiger partial charge on any atom is 0.223 e. The molecule has 3 rings (SSSR count). The van der Waals surface area contributed by atoms with Gasteiger partial charge in [0.1, 0.15) is 17.8 Å². The van der Waals surface area contributed by atoms with E-state index >= 15 is 0 Å². The third-order valence-electron chi connectivity index (χ3n) is 3.38. The van der Waals surface area contributed by atoms with Crippen molar-refractivity contribution in [2.75, 3.05) is 0 Å². The average Bonchev–Trinajstić information content (AvgIpc) is 2.94. The molecule has 94 valence electrons. The lowest BCUT2D eigenvalue weighted by atomic mass is 9.85. The van der Waals surface area contributed by atoms with Crippen LogP contribution in [-0.4, -0.2) is 5.91 Å². The van der Waals surface area contributed by atoms with Gasteiger partial charge in [0.05, 0.1) is 18.4 Å². The van der Waals surface area contributed by atoms with Gasteiger partial charge in [0, 0.05) is 5.92 Å². The van der Waals surface area contributed by atoms with Crippen LogP contribution >= 0.6 is 0 Å². The molecular weight excluding hydrogens is 230 g/mol. The lowest BCUT2D eigenvalue weighted by Gasteiger charge is -2.23. The van der Waals surface area contributed by atoms with Gasteiger partial charge in [-0.3, -0.25) is 4.79 Å². The van der Waals surface area contributed by atoms with E-state index in [0.717, 1.165) is 29.9 Å². The van der Waals surface area contributed by atoms with Crippen LogP contribution in [-0.2, 0) is 11.3 Å². The molecule has 1 saturated carbocycles. The highest BCUT2D eigenvalue weighted by atomic mass is 16.3. The molecule has 0 unspecified atom stereocenters. The molecule has 1 fully saturated rings. The van der Waals surface area contributed by atoms with E-state index in [4.69, 9.17) is 8.83 Å². The number of carbonyl (C=O) groups excluding carboxylic acids is 1. The highest BCUT2D eigenvalue weighted by Gasteiger charge is 2.24. The van der Waals surface area contributed by atoms with E-state index in [1.54, 1.807) is 12.5 Å². The molecule has 18 heavy (non-hydrogen) atoms. The van der Waals surface area contributed by atoms with E-state index in [1.807, 2.05) is 18.2 Å². The zero-order valence-electron chi connectivity index (χ0n) is 10.0. The highest BCUT2D eigenvalue weighted by molar-refractivity contribution is 5.79. The van der Waals surface area contributed by atoms with Crippen LogP contribution in [0, 0.1) is 5.92 Å². The first kappa shape index (κ1) is 11.1. The Kier molecular flexibility index (Phi) is 2.92. The van der Waals surface area contributed by atoms with Crippen molar-refractivity contribution in [1.82, 2.24) is 5.32 Å². The molecular formula is C14H15NO3. The second-order valence-electron chi connectivity index (χ2n) is 4.62. The van der Waals surface area contributed by atoms with Crippen LogP contribution in [0.1, 0.15) is 25.0 Å². The second-order valence-corrected chi connectivity index (χ2v) is 4.62. The average molecular weight is 245 g/mol. The number of nitrogens with one attached hydrogen (secondary N) is 1. The third kappa shape index (κ3) is 2.18. The highest BCUT2D eigenvalue weighted by Crippen LogP contribution is 2.26. The van der Waals surface area contributed by atoms with Crippen molar-refractivity contribution in [3.05, 3.63) is 36.5 Å². The quantitative estimate of drug-likeness (QED) is 0.901. The Labute approximate surface area is 105 Å². The van der Waals surface area contributed by atoms with Gasteiger partial charge in [0.15, 0.2) is 0 Å². The predicted octanol–water partition coefficient (Wildman–Crippen LogP) is 2.96. The van der Waals surface area contributed by atoms with Crippen molar-refractivity contribution in [2.45, 2.75) is 25.8 Å². The number of hydrogen-bond donors (Lipinski definition) is 1. The fourth-order valence-electron chi connectivity index (χ4n) is 2.02. The number of rotatable bonds is 4. The summed E-state index contributed by atoms with van der Waals surface area (Å²) in [6.45, 7) is 0.452. The van der Waals surface area contributed by atoms with Crippen molar-refractivity contribution in [3.63, 3.8) is 0 Å². The summed E-state index contributed by atoms with van der Waals surface area (Å²) in [5.41, 5.74) is 0.909. The Hall–Kier alpha value is -1.97. The molecule has 4 heteroatoms. The molecule has 4 nitrogen and oxygen atoms in total. The van der Waals surface area contributed by atoms with Gasteiger partial charge in [-0.25, -0.2) is 0 Å². The molecule has 0 radical (unpaired) electrons. The predicted molar refractivity (Wildman–Crippen MR) is 65.6 cm³/mol. The summed E-state index contributed by atoms with van der Waals surface area (Å²) in [7, 11) is 0. The number of carbonyl (C=O) groups is 1. The summed E-state index contributed by atoms with van der Waals surface area (Å²) >= 11 is 0. The first-order valence-electron chi connectivity index (χ1n) is 6.22. The van der Waals surface area contributed by atoms with E-state index in [-0.39, 0.29) is 11.8 Å².